The summed E-state index contributed by atoms with van der Waals surface area (Å²) in [5.74, 6) is -0.365. The number of aryl methyl sites for hydroxylation is 3. The van der Waals surface area contributed by atoms with Crippen LogP contribution in [0.25, 0.3) is 11.4 Å². The first kappa shape index (κ1) is 12.3. The van der Waals surface area contributed by atoms with Crippen LogP contribution in [0.2, 0.25) is 0 Å². The lowest BCUT2D eigenvalue weighted by Gasteiger charge is -2.08. The van der Waals surface area contributed by atoms with E-state index in [9.17, 15) is 14.3 Å². The molecule has 0 aliphatic rings. The third-order valence-corrected chi connectivity index (χ3v) is 2.79. The van der Waals surface area contributed by atoms with Crippen molar-refractivity contribution in [2.75, 3.05) is 0 Å². The van der Waals surface area contributed by atoms with Crippen LogP contribution in [0.5, 0.6) is 5.75 Å². The van der Waals surface area contributed by atoms with Gasteiger partial charge in [0.25, 0.3) is 5.56 Å². The molecule has 1 aromatic heterocycles. The van der Waals surface area contributed by atoms with Crippen molar-refractivity contribution in [3.63, 3.8) is 0 Å². The normalized spacial score (nSPS) is 10.7. The first-order valence-corrected chi connectivity index (χ1v) is 5.47. The first-order valence-electron chi connectivity index (χ1n) is 5.47. The van der Waals surface area contributed by atoms with Gasteiger partial charge in [0.15, 0.2) is 0 Å². The molecule has 0 radical (unpaired) electrons. The van der Waals surface area contributed by atoms with Crippen molar-refractivity contribution in [3.8, 4) is 17.1 Å². The minimum atomic E-state index is -0.869. The van der Waals surface area contributed by atoms with Crippen molar-refractivity contribution in [1.82, 2.24) is 9.97 Å². The first-order chi connectivity index (χ1) is 8.40. The number of nitrogens with zero attached hydrogens (tertiary/aromatic N) is 1. The van der Waals surface area contributed by atoms with Gasteiger partial charge in [-0.25, -0.2) is 4.98 Å². The zero-order valence-electron chi connectivity index (χ0n) is 10.3. The molecular weight excluding hydrogens is 235 g/mol. The van der Waals surface area contributed by atoms with Crippen LogP contribution >= 0.6 is 0 Å². The number of benzene rings is 1. The summed E-state index contributed by atoms with van der Waals surface area (Å²) in [6.45, 7) is 4.94. The minimum absolute atomic E-state index is 0.0529. The average Bonchev–Trinajstić information content (AvgIpc) is 2.31. The largest absolute Gasteiger partial charge is 0.507 e. The Balaban J connectivity index is 2.66. The molecule has 0 aliphatic heterocycles. The number of halogens is 1. The highest BCUT2D eigenvalue weighted by Gasteiger charge is 2.11. The number of phenolic OH excluding ortho intramolecular Hbond substituents is 1. The predicted molar refractivity (Wildman–Crippen MR) is 66.1 cm³/mol. The summed E-state index contributed by atoms with van der Waals surface area (Å²) in [6, 6.07) is 3.38. The second-order valence-electron chi connectivity index (χ2n) is 4.27. The van der Waals surface area contributed by atoms with Crippen LogP contribution in [-0.2, 0) is 0 Å². The second kappa shape index (κ2) is 4.25. The summed E-state index contributed by atoms with van der Waals surface area (Å²) in [4.78, 5) is 17.7. The Morgan fingerprint density at radius 1 is 1.22 bits per heavy atom. The maximum atomic E-state index is 13.2. The summed E-state index contributed by atoms with van der Waals surface area (Å²) in [5.41, 5.74) is 1.25. The summed E-state index contributed by atoms with van der Waals surface area (Å²) < 4.78 is 13.2. The molecule has 0 saturated carbocycles. The molecule has 94 valence electrons. The summed E-state index contributed by atoms with van der Waals surface area (Å²) in [5, 5.41) is 9.68. The Kier molecular flexibility index (Phi) is 2.90. The molecule has 0 spiro atoms. The van der Waals surface area contributed by atoms with E-state index in [4.69, 9.17) is 0 Å². The zero-order chi connectivity index (χ0) is 13.4. The van der Waals surface area contributed by atoms with E-state index in [1.807, 2.05) is 0 Å². The lowest BCUT2D eigenvalue weighted by molar-refractivity contribution is 0.467. The predicted octanol–water partition coefficient (Wildman–Crippen LogP) is 2.21. The molecular formula is C13H13FN2O2. The Labute approximate surface area is 103 Å². The number of rotatable bonds is 1. The fourth-order valence-corrected chi connectivity index (χ4v) is 1.80. The summed E-state index contributed by atoms with van der Waals surface area (Å²) in [7, 11) is 0. The smallest absolute Gasteiger partial charge is 0.287 e. The lowest BCUT2D eigenvalue weighted by Crippen LogP contribution is -2.15. The van der Waals surface area contributed by atoms with Gasteiger partial charge in [-0.2, -0.15) is 4.39 Å². The molecule has 1 aromatic carbocycles. The van der Waals surface area contributed by atoms with Crippen molar-refractivity contribution >= 4 is 0 Å². The molecule has 1 heterocycles. The van der Waals surface area contributed by atoms with Crippen molar-refractivity contribution in [2.45, 2.75) is 20.8 Å². The fourth-order valence-electron chi connectivity index (χ4n) is 1.80. The van der Waals surface area contributed by atoms with E-state index in [2.05, 4.69) is 9.97 Å². The van der Waals surface area contributed by atoms with Gasteiger partial charge in [-0.1, -0.05) is 0 Å². The highest BCUT2D eigenvalue weighted by Crippen LogP contribution is 2.27. The highest BCUT2D eigenvalue weighted by molar-refractivity contribution is 5.61. The van der Waals surface area contributed by atoms with Gasteiger partial charge < -0.3 is 10.1 Å². The molecule has 18 heavy (non-hydrogen) atoms. The van der Waals surface area contributed by atoms with E-state index in [1.54, 1.807) is 26.0 Å². The van der Waals surface area contributed by atoms with Gasteiger partial charge in [0.05, 0.1) is 5.69 Å². The van der Waals surface area contributed by atoms with E-state index >= 15 is 0 Å². The van der Waals surface area contributed by atoms with E-state index in [-0.39, 0.29) is 11.4 Å². The molecule has 0 aliphatic carbocycles. The summed E-state index contributed by atoms with van der Waals surface area (Å²) in [6.07, 6.45) is 0. The molecule has 0 atom stereocenters. The van der Waals surface area contributed by atoms with Crippen LogP contribution in [0.3, 0.4) is 0 Å². The van der Waals surface area contributed by atoms with Gasteiger partial charge in [0.1, 0.15) is 11.6 Å². The Bertz CT molecular complexity index is 654. The van der Waals surface area contributed by atoms with Crippen molar-refractivity contribution in [3.05, 3.63) is 45.1 Å². The van der Waals surface area contributed by atoms with Gasteiger partial charge in [-0.15, -0.1) is 0 Å². The van der Waals surface area contributed by atoms with Crippen LogP contribution in [0.4, 0.5) is 4.39 Å². The summed E-state index contributed by atoms with van der Waals surface area (Å²) >= 11 is 0. The SMILES string of the molecule is Cc1cc(-c2nc(C)c(F)c(=O)[nH]2)cc(C)c1O. The van der Waals surface area contributed by atoms with Gasteiger partial charge >= 0.3 is 0 Å². The molecule has 0 fully saturated rings. The van der Waals surface area contributed by atoms with E-state index in [0.29, 0.717) is 22.5 Å². The lowest BCUT2D eigenvalue weighted by atomic mass is 10.1. The molecule has 2 rings (SSSR count). The molecule has 2 N–H and O–H groups in total. The van der Waals surface area contributed by atoms with Crippen LogP contribution in [0.1, 0.15) is 16.8 Å². The Hall–Kier alpha value is -2.17. The van der Waals surface area contributed by atoms with Crippen molar-refractivity contribution < 1.29 is 9.50 Å². The monoisotopic (exact) mass is 248 g/mol. The molecule has 4 nitrogen and oxygen atoms in total. The number of hydrogen-bond acceptors (Lipinski definition) is 3. The van der Waals surface area contributed by atoms with Gasteiger partial charge in [-0.3, -0.25) is 4.79 Å². The van der Waals surface area contributed by atoms with Crippen LogP contribution in [-0.4, -0.2) is 15.1 Å². The van der Waals surface area contributed by atoms with Crippen molar-refractivity contribution in [2.24, 2.45) is 0 Å². The number of aromatic amines is 1. The van der Waals surface area contributed by atoms with Crippen LogP contribution in [0.15, 0.2) is 16.9 Å². The number of aromatic hydroxyl groups is 1. The van der Waals surface area contributed by atoms with E-state index in [0.717, 1.165) is 0 Å². The maximum absolute atomic E-state index is 13.2. The molecule has 5 heteroatoms. The molecule has 2 aromatic rings. The van der Waals surface area contributed by atoms with E-state index in [1.165, 1.54) is 6.92 Å². The third-order valence-electron chi connectivity index (χ3n) is 2.79. The number of hydrogen-bond donors (Lipinski definition) is 2. The van der Waals surface area contributed by atoms with Crippen LogP contribution in [0, 0.1) is 26.6 Å². The number of nitrogens with one attached hydrogen (secondary N) is 1. The number of phenols is 1. The Morgan fingerprint density at radius 3 is 2.28 bits per heavy atom. The standard InChI is InChI=1S/C13H13FN2O2/c1-6-4-9(5-7(2)11(6)17)12-15-8(3)10(14)13(18)16-12/h4-5,17H,1-3H3,(H,15,16,18). The quantitative estimate of drug-likeness (QED) is 0.813. The zero-order valence-corrected chi connectivity index (χ0v) is 10.3. The van der Waals surface area contributed by atoms with Gasteiger partial charge in [0, 0.05) is 5.56 Å². The van der Waals surface area contributed by atoms with Crippen molar-refractivity contribution in [1.29, 1.82) is 0 Å². The molecule has 0 saturated heterocycles. The third kappa shape index (κ3) is 1.99. The highest BCUT2D eigenvalue weighted by atomic mass is 19.1. The van der Waals surface area contributed by atoms with Crippen LogP contribution < -0.4 is 5.56 Å². The topological polar surface area (TPSA) is 66.0 Å². The number of aromatic nitrogens is 2. The van der Waals surface area contributed by atoms with Gasteiger partial charge in [-0.05, 0) is 44.0 Å². The van der Waals surface area contributed by atoms with E-state index < -0.39 is 11.4 Å². The second-order valence-corrected chi connectivity index (χ2v) is 4.27. The van der Waals surface area contributed by atoms with Gasteiger partial charge in [0.2, 0.25) is 5.82 Å². The molecule has 0 amide bonds. The minimum Gasteiger partial charge on any atom is -0.507 e. The Morgan fingerprint density at radius 2 is 1.78 bits per heavy atom. The number of H-pyrrole nitrogens is 1. The molecule has 0 bridgehead atoms. The maximum Gasteiger partial charge on any atom is 0.287 e. The average molecular weight is 248 g/mol. The fraction of sp³-hybridized carbons (Fsp3) is 0.231. The molecule has 0 unspecified atom stereocenters.